The fourth-order valence-corrected chi connectivity index (χ4v) is 3.41. The van der Waals surface area contributed by atoms with Gasteiger partial charge < -0.3 is 10.4 Å². The summed E-state index contributed by atoms with van der Waals surface area (Å²) in [4.78, 5) is 2.59. The zero-order valence-corrected chi connectivity index (χ0v) is 12.4. The number of hydrogen-bond acceptors (Lipinski definition) is 4. The summed E-state index contributed by atoms with van der Waals surface area (Å²) in [6.07, 6.45) is 0.752. The maximum atomic E-state index is 10.1. The zero-order valence-electron chi connectivity index (χ0n) is 10.7. The van der Waals surface area contributed by atoms with Crippen LogP contribution in [0.4, 0.5) is 0 Å². The van der Waals surface area contributed by atoms with E-state index in [0.29, 0.717) is 6.54 Å². The molecule has 0 bridgehead atoms. The molecule has 0 fully saturated rings. The second kappa shape index (κ2) is 5.97. The van der Waals surface area contributed by atoms with Gasteiger partial charge in [-0.25, -0.2) is 0 Å². The number of aliphatic hydroxyl groups is 1. The van der Waals surface area contributed by atoms with Crippen LogP contribution >= 0.6 is 22.7 Å². The molecule has 98 valence electrons. The molecule has 0 radical (unpaired) electrons. The van der Waals surface area contributed by atoms with Gasteiger partial charge in [-0.15, -0.1) is 22.7 Å². The van der Waals surface area contributed by atoms with Crippen LogP contribution in [-0.2, 0) is 0 Å². The summed E-state index contributed by atoms with van der Waals surface area (Å²) >= 11 is 3.50. The molecule has 0 aliphatic carbocycles. The number of nitrogens with one attached hydrogen (secondary N) is 1. The predicted molar refractivity (Wildman–Crippen MR) is 79.4 cm³/mol. The van der Waals surface area contributed by atoms with Crippen molar-refractivity contribution in [1.82, 2.24) is 5.32 Å². The number of thiophene rings is 2. The first-order valence-corrected chi connectivity index (χ1v) is 7.91. The van der Waals surface area contributed by atoms with Crippen LogP contribution in [0.2, 0.25) is 0 Å². The molecular formula is C14H19NOS2. The summed E-state index contributed by atoms with van der Waals surface area (Å²) in [6, 6.07) is 8.62. The largest absolute Gasteiger partial charge is 0.389 e. The highest BCUT2D eigenvalue weighted by Crippen LogP contribution is 2.29. The van der Waals surface area contributed by atoms with Crippen LogP contribution in [0.15, 0.2) is 35.0 Å². The van der Waals surface area contributed by atoms with Crippen LogP contribution in [0.25, 0.3) is 0 Å². The minimum absolute atomic E-state index is 0.197. The Hall–Kier alpha value is -0.680. The van der Waals surface area contributed by atoms with Crippen LogP contribution in [-0.4, -0.2) is 17.3 Å². The molecular weight excluding hydrogens is 262 g/mol. The molecule has 4 heteroatoms. The van der Waals surface area contributed by atoms with E-state index in [9.17, 15) is 5.11 Å². The van der Waals surface area contributed by atoms with E-state index in [1.165, 1.54) is 9.75 Å². The van der Waals surface area contributed by atoms with Crippen molar-refractivity contribution in [3.05, 3.63) is 44.8 Å². The summed E-state index contributed by atoms with van der Waals surface area (Å²) < 4.78 is 0. The van der Waals surface area contributed by atoms with Gasteiger partial charge in [-0.1, -0.05) is 19.1 Å². The molecule has 0 spiro atoms. The summed E-state index contributed by atoms with van der Waals surface area (Å²) in [7, 11) is 0. The van der Waals surface area contributed by atoms with Gasteiger partial charge in [0, 0.05) is 16.3 Å². The van der Waals surface area contributed by atoms with Crippen LogP contribution < -0.4 is 5.32 Å². The molecule has 2 aromatic rings. The van der Waals surface area contributed by atoms with Gasteiger partial charge in [0.2, 0.25) is 0 Å². The van der Waals surface area contributed by atoms with Gasteiger partial charge in [-0.2, -0.15) is 0 Å². The van der Waals surface area contributed by atoms with Crippen molar-refractivity contribution in [1.29, 1.82) is 0 Å². The second-order valence-electron chi connectivity index (χ2n) is 4.70. The van der Waals surface area contributed by atoms with E-state index in [4.69, 9.17) is 0 Å². The maximum Gasteiger partial charge on any atom is 0.0765 e. The lowest BCUT2D eigenvalue weighted by Gasteiger charge is -2.25. The topological polar surface area (TPSA) is 32.3 Å². The Bertz CT molecular complexity index is 414. The lowest BCUT2D eigenvalue weighted by Crippen LogP contribution is -2.38. The molecule has 0 saturated heterocycles. The lowest BCUT2D eigenvalue weighted by atomic mass is 10.0. The third kappa shape index (κ3) is 3.42. The number of hydrogen-bond donors (Lipinski definition) is 2. The first-order chi connectivity index (χ1) is 8.62. The predicted octanol–water partition coefficient (Wildman–Crippen LogP) is 3.65. The highest BCUT2D eigenvalue weighted by Gasteiger charge is 2.22. The van der Waals surface area contributed by atoms with Crippen molar-refractivity contribution in [2.24, 2.45) is 0 Å². The van der Waals surface area contributed by atoms with E-state index >= 15 is 0 Å². The SMILES string of the molecule is CCC(C)(O)CNC(c1cccs1)c1cccs1. The van der Waals surface area contributed by atoms with Gasteiger partial charge in [0.05, 0.1) is 11.6 Å². The molecule has 1 unspecified atom stereocenters. The first kappa shape index (κ1) is 13.7. The van der Waals surface area contributed by atoms with Crippen molar-refractivity contribution in [2.45, 2.75) is 31.9 Å². The standard InChI is InChI=1S/C14H19NOS2/c1-3-14(2,16)10-15-13(11-6-4-8-17-11)12-7-5-9-18-12/h4-9,13,15-16H,3,10H2,1-2H3. The molecule has 0 aliphatic heterocycles. The van der Waals surface area contributed by atoms with Gasteiger partial charge in [0.15, 0.2) is 0 Å². The van der Waals surface area contributed by atoms with Crippen molar-refractivity contribution in [2.75, 3.05) is 6.54 Å². The average molecular weight is 281 g/mol. The van der Waals surface area contributed by atoms with Gasteiger partial charge in [0.1, 0.15) is 0 Å². The fourth-order valence-electron chi connectivity index (χ4n) is 1.70. The third-order valence-corrected chi connectivity index (χ3v) is 4.98. The Balaban J connectivity index is 2.12. The summed E-state index contributed by atoms with van der Waals surface area (Å²) in [6.45, 7) is 4.48. The lowest BCUT2D eigenvalue weighted by molar-refractivity contribution is 0.0542. The monoisotopic (exact) mass is 281 g/mol. The van der Waals surface area contributed by atoms with Crippen molar-refractivity contribution < 1.29 is 5.11 Å². The molecule has 1 atom stereocenters. The number of rotatable bonds is 6. The van der Waals surface area contributed by atoms with E-state index in [0.717, 1.165) is 6.42 Å². The maximum absolute atomic E-state index is 10.1. The first-order valence-electron chi connectivity index (χ1n) is 6.15. The summed E-state index contributed by atoms with van der Waals surface area (Å²) in [5.41, 5.74) is -0.646. The quantitative estimate of drug-likeness (QED) is 0.847. The van der Waals surface area contributed by atoms with E-state index in [1.807, 2.05) is 13.8 Å². The molecule has 0 aliphatic rings. The normalized spacial score (nSPS) is 14.9. The molecule has 0 aromatic carbocycles. The van der Waals surface area contributed by atoms with Crippen molar-refractivity contribution >= 4 is 22.7 Å². The Kier molecular flexibility index (Phi) is 4.56. The molecule has 2 N–H and O–H groups in total. The molecule has 2 rings (SSSR count). The van der Waals surface area contributed by atoms with Crippen LogP contribution in [0, 0.1) is 0 Å². The van der Waals surface area contributed by atoms with Gasteiger partial charge in [-0.05, 0) is 36.2 Å². The van der Waals surface area contributed by atoms with E-state index in [2.05, 4.69) is 40.3 Å². The summed E-state index contributed by atoms with van der Waals surface area (Å²) in [5, 5.41) is 17.8. The Morgan fingerprint density at radius 2 is 1.78 bits per heavy atom. The Labute approximate surface area is 116 Å². The second-order valence-corrected chi connectivity index (χ2v) is 6.65. The van der Waals surface area contributed by atoms with Crippen molar-refractivity contribution in [3.63, 3.8) is 0 Å². The van der Waals surface area contributed by atoms with Crippen molar-refractivity contribution in [3.8, 4) is 0 Å². The van der Waals surface area contributed by atoms with Crippen LogP contribution in [0.3, 0.4) is 0 Å². The van der Waals surface area contributed by atoms with Crippen LogP contribution in [0.5, 0.6) is 0 Å². The fraction of sp³-hybridized carbons (Fsp3) is 0.429. The minimum atomic E-state index is -0.646. The molecule has 0 saturated carbocycles. The average Bonchev–Trinajstić information content (AvgIpc) is 3.01. The highest BCUT2D eigenvalue weighted by molar-refractivity contribution is 7.11. The van der Waals surface area contributed by atoms with Gasteiger partial charge >= 0.3 is 0 Å². The smallest absolute Gasteiger partial charge is 0.0765 e. The van der Waals surface area contributed by atoms with E-state index in [-0.39, 0.29) is 6.04 Å². The van der Waals surface area contributed by atoms with E-state index in [1.54, 1.807) is 22.7 Å². The molecule has 2 nitrogen and oxygen atoms in total. The van der Waals surface area contributed by atoms with E-state index < -0.39 is 5.60 Å². The molecule has 2 heterocycles. The summed E-state index contributed by atoms with van der Waals surface area (Å²) in [5.74, 6) is 0. The third-order valence-electron chi connectivity index (χ3n) is 3.10. The molecule has 0 amide bonds. The van der Waals surface area contributed by atoms with Crippen LogP contribution in [0.1, 0.15) is 36.1 Å². The zero-order chi connectivity index (χ0) is 13.0. The molecule has 2 aromatic heterocycles. The minimum Gasteiger partial charge on any atom is -0.389 e. The Morgan fingerprint density at radius 3 is 2.17 bits per heavy atom. The highest BCUT2D eigenvalue weighted by atomic mass is 32.1. The van der Waals surface area contributed by atoms with Gasteiger partial charge in [0.25, 0.3) is 0 Å². The molecule has 18 heavy (non-hydrogen) atoms. The Morgan fingerprint density at radius 1 is 1.22 bits per heavy atom. The van der Waals surface area contributed by atoms with Gasteiger partial charge in [-0.3, -0.25) is 0 Å².